The van der Waals surface area contributed by atoms with Crippen LogP contribution in [-0.2, 0) is 10.0 Å². The number of oxazole rings is 1. The Morgan fingerprint density at radius 1 is 1.06 bits per heavy atom. The van der Waals surface area contributed by atoms with E-state index in [1.54, 1.807) is 43.3 Å². The van der Waals surface area contributed by atoms with Crippen LogP contribution in [0.25, 0.3) is 22.2 Å². The molecule has 1 aliphatic rings. The first-order chi connectivity index (χ1) is 15.9. The molecule has 0 saturated carbocycles. The van der Waals surface area contributed by atoms with Crippen LogP contribution in [0.3, 0.4) is 0 Å². The molecule has 3 aromatic carbocycles. The zero-order valence-corrected chi connectivity index (χ0v) is 19.1. The summed E-state index contributed by atoms with van der Waals surface area (Å²) < 4.78 is 52.9. The van der Waals surface area contributed by atoms with Gasteiger partial charge in [0.2, 0.25) is 15.9 Å². The minimum Gasteiger partial charge on any atom is -0.497 e. The van der Waals surface area contributed by atoms with E-state index >= 15 is 0 Å². The van der Waals surface area contributed by atoms with Gasteiger partial charge in [-0.15, -0.1) is 0 Å². The summed E-state index contributed by atoms with van der Waals surface area (Å²) in [5, 5.41) is 0. The fourth-order valence-corrected chi connectivity index (χ4v) is 5.90. The van der Waals surface area contributed by atoms with Gasteiger partial charge in [0.05, 0.1) is 12.0 Å². The third-order valence-electron chi connectivity index (χ3n) is 6.05. The van der Waals surface area contributed by atoms with E-state index in [0.717, 1.165) is 17.5 Å². The van der Waals surface area contributed by atoms with Crippen molar-refractivity contribution in [2.45, 2.75) is 30.7 Å². The molecular formula is C25H23FN2O4S. The normalized spacial score (nSPS) is 17.0. The van der Waals surface area contributed by atoms with Crippen molar-refractivity contribution in [2.24, 2.45) is 0 Å². The maximum Gasteiger partial charge on any atom is 0.243 e. The van der Waals surface area contributed by atoms with Gasteiger partial charge < -0.3 is 9.15 Å². The fraction of sp³-hybridized carbons (Fsp3) is 0.240. The van der Waals surface area contributed by atoms with Gasteiger partial charge in [0.25, 0.3) is 0 Å². The van der Waals surface area contributed by atoms with E-state index < -0.39 is 16.1 Å². The third kappa shape index (κ3) is 3.89. The highest BCUT2D eigenvalue weighted by Gasteiger charge is 2.39. The van der Waals surface area contributed by atoms with Crippen molar-refractivity contribution in [2.75, 3.05) is 13.7 Å². The maximum atomic E-state index is 13.6. The first kappa shape index (κ1) is 21.6. The lowest BCUT2D eigenvalue weighted by molar-refractivity contribution is 0.337. The van der Waals surface area contributed by atoms with Gasteiger partial charge in [-0.2, -0.15) is 4.31 Å². The highest BCUT2D eigenvalue weighted by molar-refractivity contribution is 7.89. The van der Waals surface area contributed by atoms with Crippen LogP contribution < -0.4 is 4.74 Å². The molecule has 170 valence electrons. The van der Waals surface area contributed by atoms with E-state index in [4.69, 9.17) is 9.15 Å². The molecule has 0 unspecified atom stereocenters. The van der Waals surface area contributed by atoms with Crippen molar-refractivity contribution >= 4 is 21.1 Å². The molecule has 0 spiro atoms. The molecule has 8 heteroatoms. The number of hydrogen-bond acceptors (Lipinski definition) is 5. The van der Waals surface area contributed by atoms with E-state index in [-0.39, 0.29) is 10.7 Å². The number of methoxy groups -OCH3 is 1. The SMILES string of the molecule is COc1ccc(S(=O)(=O)N2CCC[C@@H]2c2nc3cc(-c4ccc(F)c(C)c4)ccc3o2)cc1. The second kappa shape index (κ2) is 8.28. The lowest BCUT2D eigenvalue weighted by Crippen LogP contribution is -2.30. The van der Waals surface area contributed by atoms with Gasteiger partial charge in [-0.3, -0.25) is 0 Å². The Balaban J connectivity index is 1.48. The van der Waals surface area contributed by atoms with Crippen LogP contribution in [0.1, 0.15) is 30.3 Å². The zero-order valence-electron chi connectivity index (χ0n) is 18.3. The summed E-state index contributed by atoms with van der Waals surface area (Å²) in [6.07, 6.45) is 1.35. The Hall–Kier alpha value is -3.23. The summed E-state index contributed by atoms with van der Waals surface area (Å²) in [7, 11) is -2.18. The molecular weight excluding hydrogens is 443 g/mol. The maximum absolute atomic E-state index is 13.6. The minimum atomic E-state index is -3.72. The molecule has 33 heavy (non-hydrogen) atoms. The lowest BCUT2D eigenvalue weighted by Gasteiger charge is -2.21. The summed E-state index contributed by atoms with van der Waals surface area (Å²) in [6, 6.07) is 16.5. The Labute approximate surface area is 191 Å². The number of benzene rings is 3. The van der Waals surface area contributed by atoms with Crippen LogP contribution in [0.2, 0.25) is 0 Å². The van der Waals surface area contributed by atoms with E-state index in [1.165, 1.54) is 17.5 Å². The molecule has 0 bridgehead atoms. The van der Waals surface area contributed by atoms with Gasteiger partial charge in [-0.25, -0.2) is 17.8 Å². The molecule has 1 fully saturated rings. The monoisotopic (exact) mass is 466 g/mol. The van der Waals surface area contributed by atoms with E-state index in [1.807, 2.05) is 18.2 Å². The number of hydrogen-bond donors (Lipinski definition) is 0. The van der Waals surface area contributed by atoms with Crippen LogP contribution in [0.5, 0.6) is 5.75 Å². The summed E-state index contributed by atoms with van der Waals surface area (Å²) in [5.41, 5.74) is 3.56. The molecule has 5 rings (SSSR count). The average molecular weight is 467 g/mol. The molecule has 0 radical (unpaired) electrons. The number of aryl methyl sites for hydroxylation is 1. The summed E-state index contributed by atoms with van der Waals surface area (Å²) >= 11 is 0. The first-order valence-electron chi connectivity index (χ1n) is 10.7. The van der Waals surface area contributed by atoms with Crippen molar-refractivity contribution in [1.29, 1.82) is 0 Å². The molecule has 1 saturated heterocycles. The largest absolute Gasteiger partial charge is 0.497 e. The molecule has 1 aromatic heterocycles. The minimum absolute atomic E-state index is 0.209. The van der Waals surface area contributed by atoms with E-state index in [2.05, 4.69) is 4.98 Å². The number of fused-ring (bicyclic) bond motifs is 1. The highest BCUT2D eigenvalue weighted by atomic mass is 32.2. The highest BCUT2D eigenvalue weighted by Crippen LogP contribution is 2.38. The molecule has 1 atom stereocenters. The van der Waals surface area contributed by atoms with Crippen LogP contribution in [-0.4, -0.2) is 31.4 Å². The molecule has 0 N–H and O–H groups in total. The smallest absolute Gasteiger partial charge is 0.243 e. The number of aromatic nitrogens is 1. The standard InChI is InChI=1S/C25H23FN2O4S/c1-16-14-17(5-11-21(16)26)18-6-12-24-22(15-18)27-25(32-24)23-4-3-13-28(23)33(29,30)20-9-7-19(31-2)8-10-20/h5-12,14-15,23H,3-4,13H2,1-2H3/t23-/m1/s1. The predicted molar refractivity (Wildman–Crippen MR) is 123 cm³/mol. The second-order valence-electron chi connectivity index (χ2n) is 8.15. The van der Waals surface area contributed by atoms with Crippen molar-refractivity contribution in [1.82, 2.24) is 9.29 Å². The molecule has 4 aromatic rings. The Morgan fingerprint density at radius 2 is 1.79 bits per heavy atom. The Bertz CT molecular complexity index is 1430. The van der Waals surface area contributed by atoms with Gasteiger partial charge in [0, 0.05) is 6.54 Å². The Morgan fingerprint density at radius 3 is 2.52 bits per heavy atom. The average Bonchev–Trinajstić information content (AvgIpc) is 3.48. The molecule has 2 heterocycles. The van der Waals surface area contributed by atoms with Crippen molar-refractivity contribution in [3.8, 4) is 16.9 Å². The quantitative estimate of drug-likeness (QED) is 0.390. The summed E-state index contributed by atoms with van der Waals surface area (Å²) in [4.78, 5) is 4.85. The Kier molecular flexibility index (Phi) is 5.42. The van der Waals surface area contributed by atoms with Crippen LogP contribution in [0, 0.1) is 12.7 Å². The first-order valence-corrected chi connectivity index (χ1v) is 12.1. The van der Waals surface area contributed by atoms with Crippen molar-refractivity contribution in [3.63, 3.8) is 0 Å². The van der Waals surface area contributed by atoms with Gasteiger partial charge >= 0.3 is 0 Å². The molecule has 6 nitrogen and oxygen atoms in total. The lowest BCUT2D eigenvalue weighted by atomic mass is 10.0. The van der Waals surface area contributed by atoms with Crippen molar-refractivity contribution in [3.05, 3.63) is 77.9 Å². The van der Waals surface area contributed by atoms with Crippen LogP contribution >= 0.6 is 0 Å². The number of rotatable bonds is 5. The number of sulfonamides is 1. The van der Waals surface area contributed by atoms with E-state index in [9.17, 15) is 12.8 Å². The number of ether oxygens (including phenoxy) is 1. The molecule has 1 aliphatic heterocycles. The van der Waals surface area contributed by atoms with E-state index in [0.29, 0.717) is 41.3 Å². The topological polar surface area (TPSA) is 72.6 Å². The van der Waals surface area contributed by atoms with Crippen molar-refractivity contribution < 1.29 is 22.0 Å². The van der Waals surface area contributed by atoms with Crippen LogP contribution in [0.4, 0.5) is 4.39 Å². The van der Waals surface area contributed by atoms with Crippen LogP contribution in [0.15, 0.2) is 70.0 Å². The van der Waals surface area contributed by atoms with Gasteiger partial charge in [0.15, 0.2) is 5.58 Å². The zero-order chi connectivity index (χ0) is 23.2. The molecule has 0 amide bonds. The fourth-order valence-electron chi connectivity index (χ4n) is 4.25. The number of halogens is 1. The van der Waals surface area contributed by atoms with Gasteiger partial charge in [0.1, 0.15) is 23.1 Å². The van der Waals surface area contributed by atoms with Gasteiger partial charge in [-0.1, -0.05) is 12.1 Å². The molecule has 0 aliphatic carbocycles. The summed E-state index contributed by atoms with van der Waals surface area (Å²) in [5.74, 6) is 0.730. The number of nitrogens with zero attached hydrogens (tertiary/aromatic N) is 2. The summed E-state index contributed by atoms with van der Waals surface area (Å²) in [6.45, 7) is 2.13. The second-order valence-corrected chi connectivity index (χ2v) is 10.0. The third-order valence-corrected chi connectivity index (χ3v) is 7.97. The predicted octanol–water partition coefficient (Wildman–Crippen LogP) is 5.48. The van der Waals surface area contributed by atoms with Gasteiger partial charge in [-0.05, 0) is 85.0 Å².